The third kappa shape index (κ3) is 4.19. The highest BCUT2D eigenvalue weighted by atomic mass is 16.3. The van der Waals surface area contributed by atoms with Gasteiger partial charge < -0.3 is 13.6 Å². The molecule has 0 N–H and O–H groups in total. The average molecular weight is 651 g/mol. The Morgan fingerprint density at radius 1 is 0.314 bits per heavy atom. The third-order valence-corrected chi connectivity index (χ3v) is 10.5. The van der Waals surface area contributed by atoms with Crippen LogP contribution in [0.4, 0.5) is 0 Å². The zero-order valence-corrected chi connectivity index (χ0v) is 27.6. The molecule has 0 saturated heterocycles. The summed E-state index contributed by atoms with van der Waals surface area (Å²) in [6.07, 6.45) is 0. The normalized spacial score (nSPS) is 11.9. The highest BCUT2D eigenvalue weighted by Gasteiger charge is 2.18. The summed E-state index contributed by atoms with van der Waals surface area (Å²) in [4.78, 5) is 0. The fourth-order valence-corrected chi connectivity index (χ4v) is 8.21. The molecule has 0 atom stereocenters. The Kier molecular flexibility index (Phi) is 5.96. The molecule has 0 aliphatic carbocycles. The molecule has 0 saturated carbocycles. The standard InChI is InChI=1S/C48H30N2O/c1-2-14-35(15-3-1)49-42-20-7-6-18-38(42)40-29-33(24-26-45(40)49)31-12-10-13-32(28-31)34-25-27-47-41(30-34)39-19-11-23-46(48(39)51-47)50-43-21-8-4-16-36(43)37-17-5-9-22-44(37)50/h1-30H. The molecule has 0 unspecified atom stereocenters. The first-order valence-corrected chi connectivity index (χ1v) is 17.4. The van der Waals surface area contributed by atoms with Crippen molar-refractivity contribution in [3.05, 3.63) is 182 Å². The predicted molar refractivity (Wildman–Crippen MR) is 213 cm³/mol. The summed E-state index contributed by atoms with van der Waals surface area (Å²) in [5.74, 6) is 0. The Morgan fingerprint density at radius 2 is 0.824 bits per heavy atom. The quantitative estimate of drug-likeness (QED) is 0.186. The molecule has 0 bridgehead atoms. The van der Waals surface area contributed by atoms with Gasteiger partial charge in [-0.2, -0.15) is 0 Å². The number of nitrogens with zero attached hydrogens (tertiary/aromatic N) is 2. The Bertz CT molecular complexity index is 3090. The fraction of sp³-hybridized carbons (Fsp3) is 0. The maximum atomic E-state index is 6.68. The van der Waals surface area contributed by atoms with Crippen LogP contribution in [-0.2, 0) is 0 Å². The summed E-state index contributed by atoms with van der Waals surface area (Å²) in [6.45, 7) is 0. The van der Waals surface area contributed by atoms with Crippen molar-refractivity contribution < 1.29 is 4.42 Å². The van der Waals surface area contributed by atoms with Crippen LogP contribution < -0.4 is 0 Å². The molecule has 3 heterocycles. The maximum absolute atomic E-state index is 6.68. The van der Waals surface area contributed by atoms with E-state index in [0.29, 0.717) is 0 Å². The van der Waals surface area contributed by atoms with Gasteiger partial charge in [0.05, 0.1) is 27.8 Å². The number of hydrogen-bond acceptors (Lipinski definition) is 1. The van der Waals surface area contributed by atoms with E-state index < -0.39 is 0 Å². The van der Waals surface area contributed by atoms with E-state index in [4.69, 9.17) is 4.42 Å². The SMILES string of the molecule is c1ccc(-n2c3ccccc3c3cc(-c4cccc(-c5ccc6oc7c(-n8c9ccccc9c9ccccc98)cccc7c6c5)c4)ccc32)cc1. The van der Waals surface area contributed by atoms with Crippen molar-refractivity contribution in [1.29, 1.82) is 0 Å². The first-order chi connectivity index (χ1) is 25.3. The van der Waals surface area contributed by atoms with Crippen LogP contribution in [0.5, 0.6) is 0 Å². The molecule has 0 aliphatic rings. The molecule has 8 aromatic carbocycles. The summed E-state index contributed by atoms with van der Waals surface area (Å²) in [7, 11) is 0. The van der Waals surface area contributed by atoms with Gasteiger partial charge in [-0.15, -0.1) is 0 Å². The van der Waals surface area contributed by atoms with Gasteiger partial charge in [0.1, 0.15) is 5.58 Å². The minimum atomic E-state index is 0.887. The largest absolute Gasteiger partial charge is 0.454 e. The van der Waals surface area contributed by atoms with E-state index in [2.05, 4.69) is 191 Å². The van der Waals surface area contributed by atoms with Crippen LogP contribution in [0, 0.1) is 0 Å². The summed E-state index contributed by atoms with van der Waals surface area (Å²) < 4.78 is 11.4. The molecule has 238 valence electrons. The molecular weight excluding hydrogens is 621 g/mol. The zero-order chi connectivity index (χ0) is 33.5. The zero-order valence-electron chi connectivity index (χ0n) is 27.6. The van der Waals surface area contributed by atoms with Crippen molar-refractivity contribution in [3.8, 4) is 33.6 Å². The molecule has 11 aromatic rings. The maximum Gasteiger partial charge on any atom is 0.159 e. The third-order valence-electron chi connectivity index (χ3n) is 10.5. The van der Waals surface area contributed by atoms with Gasteiger partial charge in [-0.3, -0.25) is 0 Å². The summed E-state index contributed by atoms with van der Waals surface area (Å²) in [5, 5.41) is 7.22. The summed E-state index contributed by atoms with van der Waals surface area (Å²) in [5.41, 5.74) is 13.5. The van der Waals surface area contributed by atoms with Gasteiger partial charge in [-0.1, -0.05) is 115 Å². The number of aromatic nitrogens is 2. The van der Waals surface area contributed by atoms with E-state index in [1.54, 1.807) is 0 Å². The minimum Gasteiger partial charge on any atom is -0.454 e. The minimum absolute atomic E-state index is 0.887. The Balaban J connectivity index is 1.03. The molecular formula is C48H30N2O. The van der Waals surface area contributed by atoms with Crippen LogP contribution in [-0.4, -0.2) is 9.13 Å². The van der Waals surface area contributed by atoms with Crippen LogP contribution in [0.1, 0.15) is 0 Å². The number of fused-ring (bicyclic) bond motifs is 9. The second-order valence-corrected chi connectivity index (χ2v) is 13.3. The van der Waals surface area contributed by atoms with E-state index in [0.717, 1.165) is 33.2 Å². The fourth-order valence-electron chi connectivity index (χ4n) is 8.21. The van der Waals surface area contributed by atoms with Gasteiger partial charge in [0.2, 0.25) is 0 Å². The lowest BCUT2D eigenvalue weighted by atomic mass is 9.97. The monoisotopic (exact) mass is 650 g/mol. The number of benzene rings is 8. The Labute approximate surface area is 293 Å². The highest BCUT2D eigenvalue weighted by molar-refractivity contribution is 6.13. The van der Waals surface area contributed by atoms with Crippen LogP contribution in [0.3, 0.4) is 0 Å². The van der Waals surface area contributed by atoms with E-state index in [9.17, 15) is 0 Å². The van der Waals surface area contributed by atoms with Gasteiger partial charge in [0.15, 0.2) is 5.58 Å². The first-order valence-electron chi connectivity index (χ1n) is 17.4. The predicted octanol–water partition coefficient (Wildman–Crippen LogP) is 13.1. The Morgan fingerprint density at radius 3 is 1.53 bits per heavy atom. The molecule has 3 heteroatoms. The van der Waals surface area contributed by atoms with E-state index >= 15 is 0 Å². The number of rotatable bonds is 4. The van der Waals surface area contributed by atoms with Crippen molar-refractivity contribution in [2.75, 3.05) is 0 Å². The van der Waals surface area contributed by atoms with Gasteiger partial charge in [0.25, 0.3) is 0 Å². The molecule has 51 heavy (non-hydrogen) atoms. The highest BCUT2D eigenvalue weighted by Crippen LogP contribution is 2.40. The van der Waals surface area contributed by atoms with Crippen molar-refractivity contribution in [2.24, 2.45) is 0 Å². The lowest BCUT2D eigenvalue weighted by Gasteiger charge is -2.09. The first kappa shape index (κ1) is 28.0. The molecule has 0 spiro atoms. The summed E-state index contributed by atoms with van der Waals surface area (Å²) >= 11 is 0. The molecule has 0 radical (unpaired) electrons. The molecule has 3 nitrogen and oxygen atoms in total. The van der Waals surface area contributed by atoms with E-state index in [-0.39, 0.29) is 0 Å². The number of hydrogen-bond donors (Lipinski definition) is 0. The van der Waals surface area contributed by atoms with Crippen LogP contribution in [0.25, 0.3) is 99.2 Å². The van der Waals surface area contributed by atoms with Crippen LogP contribution in [0.15, 0.2) is 186 Å². The van der Waals surface area contributed by atoms with E-state index in [1.165, 1.54) is 66.0 Å². The van der Waals surface area contributed by atoms with Gasteiger partial charge in [0, 0.05) is 38.0 Å². The Hall–Kier alpha value is -6.84. The second kappa shape index (κ2) is 10.8. The second-order valence-electron chi connectivity index (χ2n) is 13.3. The van der Waals surface area contributed by atoms with Gasteiger partial charge >= 0.3 is 0 Å². The van der Waals surface area contributed by atoms with Crippen molar-refractivity contribution in [3.63, 3.8) is 0 Å². The molecule has 11 rings (SSSR count). The van der Waals surface area contributed by atoms with E-state index in [1.807, 2.05) is 0 Å². The lowest BCUT2D eigenvalue weighted by Crippen LogP contribution is -1.93. The molecule has 0 aliphatic heterocycles. The smallest absolute Gasteiger partial charge is 0.159 e. The van der Waals surface area contributed by atoms with Gasteiger partial charge in [-0.05, 0) is 89.0 Å². The topological polar surface area (TPSA) is 23.0 Å². The molecule has 3 aromatic heterocycles. The van der Waals surface area contributed by atoms with Gasteiger partial charge in [-0.25, -0.2) is 0 Å². The van der Waals surface area contributed by atoms with Crippen molar-refractivity contribution in [1.82, 2.24) is 9.13 Å². The van der Waals surface area contributed by atoms with Crippen LogP contribution in [0.2, 0.25) is 0 Å². The van der Waals surface area contributed by atoms with Crippen molar-refractivity contribution in [2.45, 2.75) is 0 Å². The number of para-hydroxylation sites is 5. The molecule has 0 amide bonds. The van der Waals surface area contributed by atoms with Crippen LogP contribution >= 0.6 is 0 Å². The van der Waals surface area contributed by atoms with Crippen molar-refractivity contribution >= 4 is 65.6 Å². The summed E-state index contributed by atoms with van der Waals surface area (Å²) in [6, 6.07) is 65.4. The molecule has 0 fully saturated rings. The lowest BCUT2D eigenvalue weighted by molar-refractivity contribution is 0.666. The number of furan rings is 1. The average Bonchev–Trinajstić information content (AvgIpc) is 3.86.